The zero-order valence-corrected chi connectivity index (χ0v) is 14.9. The fraction of sp³-hybridized carbons (Fsp3) is 0.263. The number of hydrogen-bond acceptors (Lipinski definition) is 6. The number of aryl methyl sites for hydroxylation is 2. The highest BCUT2D eigenvalue weighted by molar-refractivity contribution is 6.03. The van der Waals surface area contributed by atoms with Crippen molar-refractivity contribution < 1.29 is 9.53 Å². The number of rotatable bonds is 5. The van der Waals surface area contributed by atoms with Gasteiger partial charge in [0.1, 0.15) is 0 Å². The van der Waals surface area contributed by atoms with Crippen LogP contribution in [0.1, 0.15) is 34.2 Å². The smallest absolute Gasteiger partial charge is 0.361 e. The molecule has 134 valence electrons. The fourth-order valence-electron chi connectivity index (χ4n) is 2.85. The molecule has 1 aromatic carbocycles. The Kier molecular flexibility index (Phi) is 4.97. The van der Waals surface area contributed by atoms with Gasteiger partial charge in [0.05, 0.1) is 17.8 Å². The molecule has 0 radical (unpaired) electrons. The summed E-state index contributed by atoms with van der Waals surface area (Å²) in [5.41, 5.74) is 3.39. The molecule has 3 aromatic rings. The third kappa shape index (κ3) is 3.42. The number of hydrogen-bond donors (Lipinski definition) is 2. The first-order valence-electron chi connectivity index (χ1n) is 8.37. The molecule has 0 unspecified atom stereocenters. The van der Waals surface area contributed by atoms with Gasteiger partial charge in [-0.05, 0) is 38.5 Å². The van der Waals surface area contributed by atoms with Crippen molar-refractivity contribution in [3.05, 3.63) is 63.2 Å². The van der Waals surface area contributed by atoms with Crippen molar-refractivity contribution in [3.8, 4) is 0 Å². The minimum absolute atomic E-state index is 0.103. The Bertz CT molecular complexity index is 1030. The lowest BCUT2D eigenvalue weighted by Gasteiger charge is -2.14. The molecule has 3 rings (SSSR count). The molecule has 0 aliphatic rings. The maximum Gasteiger partial charge on any atom is 0.361 e. The third-order valence-corrected chi connectivity index (χ3v) is 4.07. The number of carbonyl (C=O) groups is 1. The molecule has 2 aromatic heterocycles. The number of aromatic nitrogens is 3. The highest BCUT2D eigenvalue weighted by atomic mass is 16.5. The molecule has 0 spiro atoms. The van der Waals surface area contributed by atoms with E-state index in [1.807, 2.05) is 44.2 Å². The van der Waals surface area contributed by atoms with E-state index in [0.29, 0.717) is 16.8 Å². The Morgan fingerprint density at radius 3 is 2.73 bits per heavy atom. The highest BCUT2D eigenvalue weighted by Crippen LogP contribution is 2.25. The molecule has 7 heteroatoms. The van der Waals surface area contributed by atoms with Crippen molar-refractivity contribution in [3.63, 3.8) is 0 Å². The second-order valence-corrected chi connectivity index (χ2v) is 5.96. The molecule has 0 aliphatic carbocycles. The van der Waals surface area contributed by atoms with Gasteiger partial charge in [-0.1, -0.05) is 18.2 Å². The number of nitrogens with zero attached hydrogens (tertiary/aromatic N) is 2. The molecule has 2 heterocycles. The standard InChI is InChI=1S/C19H20N4O3/c1-4-26-19(25)17-16(13-7-5-6-8-15(13)22-23-17)20-10-14-11(2)9-12(3)21-18(14)24/h5-9H,4,10H2,1-3H3,(H,20,22)(H,21,24). The number of pyridine rings is 1. The van der Waals surface area contributed by atoms with Crippen LogP contribution >= 0.6 is 0 Å². The van der Waals surface area contributed by atoms with Gasteiger partial charge >= 0.3 is 5.97 Å². The van der Waals surface area contributed by atoms with Crippen LogP contribution in [0.2, 0.25) is 0 Å². The fourth-order valence-corrected chi connectivity index (χ4v) is 2.85. The van der Waals surface area contributed by atoms with Crippen molar-refractivity contribution in [2.75, 3.05) is 11.9 Å². The summed E-state index contributed by atoms with van der Waals surface area (Å²) in [6, 6.07) is 9.27. The summed E-state index contributed by atoms with van der Waals surface area (Å²) < 4.78 is 5.08. The summed E-state index contributed by atoms with van der Waals surface area (Å²) in [4.78, 5) is 27.3. The molecule has 0 saturated heterocycles. The van der Waals surface area contributed by atoms with E-state index >= 15 is 0 Å². The highest BCUT2D eigenvalue weighted by Gasteiger charge is 2.19. The van der Waals surface area contributed by atoms with Gasteiger partial charge in [0.15, 0.2) is 5.69 Å². The van der Waals surface area contributed by atoms with Crippen LogP contribution in [-0.2, 0) is 11.3 Å². The number of ether oxygens (including phenoxy) is 1. The maximum absolute atomic E-state index is 12.3. The molecule has 7 nitrogen and oxygen atoms in total. The quantitative estimate of drug-likeness (QED) is 0.685. The Morgan fingerprint density at radius 1 is 1.23 bits per heavy atom. The minimum Gasteiger partial charge on any atom is -0.461 e. The number of benzene rings is 1. The number of carbonyl (C=O) groups excluding carboxylic acids is 1. The number of fused-ring (bicyclic) bond motifs is 1. The van der Waals surface area contributed by atoms with E-state index in [9.17, 15) is 9.59 Å². The Hall–Kier alpha value is -3.22. The van der Waals surface area contributed by atoms with E-state index in [1.54, 1.807) is 6.92 Å². The van der Waals surface area contributed by atoms with Gasteiger partial charge in [-0.25, -0.2) is 4.79 Å². The summed E-state index contributed by atoms with van der Waals surface area (Å²) >= 11 is 0. The van der Waals surface area contributed by atoms with E-state index in [1.165, 1.54) is 0 Å². The SMILES string of the molecule is CCOC(=O)c1nnc2ccccc2c1NCc1c(C)cc(C)[nH]c1=O. The number of H-pyrrole nitrogens is 1. The maximum atomic E-state index is 12.3. The van der Waals surface area contributed by atoms with Gasteiger partial charge in [-0.2, -0.15) is 0 Å². The van der Waals surface area contributed by atoms with E-state index in [0.717, 1.165) is 16.6 Å². The van der Waals surface area contributed by atoms with Crippen LogP contribution in [0.3, 0.4) is 0 Å². The van der Waals surface area contributed by atoms with E-state index < -0.39 is 5.97 Å². The van der Waals surface area contributed by atoms with Crippen molar-refractivity contribution in [2.24, 2.45) is 0 Å². The Balaban J connectivity index is 2.04. The van der Waals surface area contributed by atoms with Gasteiger partial charge in [0.25, 0.3) is 5.56 Å². The lowest BCUT2D eigenvalue weighted by molar-refractivity contribution is 0.0519. The minimum atomic E-state index is -0.553. The van der Waals surface area contributed by atoms with Crippen molar-refractivity contribution in [2.45, 2.75) is 27.3 Å². The summed E-state index contributed by atoms with van der Waals surface area (Å²) in [6.45, 7) is 5.95. The van der Waals surface area contributed by atoms with Crippen LogP contribution in [0.5, 0.6) is 0 Å². The number of nitrogens with one attached hydrogen (secondary N) is 2. The van der Waals surface area contributed by atoms with Crippen molar-refractivity contribution in [1.82, 2.24) is 15.2 Å². The molecular formula is C19H20N4O3. The molecular weight excluding hydrogens is 332 g/mol. The van der Waals surface area contributed by atoms with Crippen LogP contribution in [-0.4, -0.2) is 27.8 Å². The van der Waals surface area contributed by atoms with Crippen molar-refractivity contribution >= 4 is 22.6 Å². The topological polar surface area (TPSA) is 97.0 Å². The normalized spacial score (nSPS) is 10.7. The first-order valence-corrected chi connectivity index (χ1v) is 8.37. The predicted molar refractivity (Wildman–Crippen MR) is 99.4 cm³/mol. The molecule has 0 fully saturated rings. The molecule has 0 saturated carbocycles. The van der Waals surface area contributed by atoms with Crippen LogP contribution < -0.4 is 10.9 Å². The van der Waals surface area contributed by atoms with Crippen LogP contribution in [0.25, 0.3) is 10.9 Å². The van der Waals surface area contributed by atoms with Gasteiger partial charge < -0.3 is 15.0 Å². The second kappa shape index (κ2) is 7.35. The number of aromatic amines is 1. The molecule has 26 heavy (non-hydrogen) atoms. The van der Waals surface area contributed by atoms with Gasteiger partial charge in [-0.3, -0.25) is 4.79 Å². The summed E-state index contributed by atoms with van der Waals surface area (Å²) in [6.07, 6.45) is 0. The largest absolute Gasteiger partial charge is 0.461 e. The summed E-state index contributed by atoms with van der Waals surface area (Å²) in [5.74, 6) is -0.553. The lowest BCUT2D eigenvalue weighted by Crippen LogP contribution is -2.20. The molecule has 2 N–H and O–H groups in total. The lowest BCUT2D eigenvalue weighted by atomic mass is 10.1. The molecule has 0 amide bonds. The summed E-state index contributed by atoms with van der Waals surface area (Å²) in [5, 5.41) is 12.0. The first-order chi connectivity index (χ1) is 12.5. The zero-order valence-electron chi connectivity index (χ0n) is 14.9. The van der Waals surface area contributed by atoms with Crippen LogP contribution in [0.4, 0.5) is 5.69 Å². The summed E-state index contributed by atoms with van der Waals surface area (Å²) in [7, 11) is 0. The van der Waals surface area contributed by atoms with Gasteiger partial charge in [0, 0.05) is 23.2 Å². The number of esters is 1. The average Bonchev–Trinajstić information content (AvgIpc) is 2.60. The molecule has 0 aliphatic heterocycles. The van der Waals surface area contributed by atoms with Gasteiger partial charge in [-0.15, -0.1) is 10.2 Å². The Labute approximate surface area is 150 Å². The van der Waals surface area contributed by atoms with Crippen LogP contribution in [0.15, 0.2) is 35.1 Å². The second-order valence-electron chi connectivity index (χ2n) is 5.96. The zero-order chi connectivity index (χ0) is 18.7. The average molecular weight is 352 g/mol. The third-order valence-electron chi connectivity index (χ3n) is 4.07. The van der Waals surface area contributed by atoms with E-state index in [4.69, 9.17) is 4.74 Å². The van der Waals surface area contributed by atoms with E-state index in [-0.39, 0.29) is 24.4 Å². The monoisotopic (exact) mass is 352 g/mol. The first kappa shape index (κ1) is 17.6. The van der Waals surface area contributed by atoms with E-state index in [2.05, 4.69) is 20.5 Å². The number of anilines is 1. The van der Waals surface area contributed by atoms with Gasteiger partial charge in [0.2, 0.25) is 0 Å². The molecule has 0 bridgehead atoms. The van der Waals surface area contributed by atoms with Crippen molar-refractivity contribution in [1.29, 1.82) is 0 Å². The van der Waals surface area contributed by atoms with Crippen LogP contribution in [0, 0.1) is 13.8 Å². The molecule has 0 atom stereocenters. The predicted octanol–water partition coefficient (Wildman–Crippen LogP) is 2.72. The Morgan fingerprint density at radius 2 is 2.00 bits per heavy atom.